The van der Waals surface area contributed by atoms with E-state index >= 15 is 0 Å². The summed E-state index contributed by atoms with van der Waals surface area (Å²) in [6.45, 7) is 0. The molecule has 0 saturated heterocycles. The standard InChI is InChI=1S/C44H25N7/c45-25-29-12-17-32(18-13-29)44(33-19-14-30(26-46)15-20-33)36-6-1-3-8-40(36)51(41-9-4-2-7-37(41)44)43-11-5-10-42(49-43)50-38-21-16-31(27-47)24-34(38)35-28-48-23-22-39(35)50/h1-24,28H. The molecule has 0 radical (unpaired) electrons. The van der Waals surface area contributed by atoms with Crippen LogP contribution in [0.4, 0.5) is 17.2 Å². The van der Waals surface area contributed by atoms with Gasteiger partial charge in [0.25, 0.3) is 0 Å². The monoisotopic (exact) mass is 651 g/mol. The van der Waals surface area contributed by atoms with Crippen LogP contribution in [-0.4, -0.2) is 14.5 Å². The zero-order chi connectivity index (χ0) is 34.5. The Balaban J connectivity index is 1.31. The van der Waals surface area contributed by atoms with E-state index in [0.717, 1.165) is 67.1 Å². The Bertz CT molecular complexity index is 2690. The van der Waals surface area contributed by atoms with Crippen molar-refractivity contribution in [3.05, 3.63) is 191 Å². The highest BCUT2D eigenvalue weighted by Gasteiger charge is 2.46. The van der Waals surface area contributed by atoms with Gasteiger partial charge in [0.2, 0.25) is 0 Å². The zero-order valence-electron chi connectivity index (χ0n) is 27.1. The largest absolute Gasteiger partial charge is 0.294 e. The molecule has 0 bridgehead atoms. The van der Waals surface area contributed by atoms with Crippen LogP contribution < -0.4 is 4.90 Å². The lowest BCUT2D eigenvalue weighted by Gasteiger charge is -2.46. The van der Waals surface area contributed by atoms with Crippen molar-refractivity contribution < 1.29 is 0 Å². The van der Waals surface area contributed by atoms with Gasteiger partial charge in [-0.1, -0.05) is 66.7 Å². The number of nitriles is 3. The van der Waals surface area contributed by atoms with E-state index in [2.05, 4.69) is 69.1 Å². The van der Waals surface area contributed by atoms with Crippen LogP contribution in [0.5, 0.6) is 0 Å². The summed E-state index contributed by atoms with van der Waals surface area (Å²) in [6.07, 6.45) is 3.61. The van der Waals surface area contributed by atoms with Crippen molar-refractivity contribution in [2.45, 2.75) is 5.41 Å². The van der Waals surface area contributed by atoms with Crippen molar-refractivity contribution in [3.63, 3.8) is 0 Å². The average molecular weight is 652 g/mol. The van der Waals surface area contributed by atoms with Crippen molar-refractivity contribution in [3.8, 4) is 24.0 Å². The van der Waals surface area contributed by atoms with Crippen molar-refractivity contribution in [2.24, 2.45) is 0 Å². The molecule has 4 heterocycles. The van der Waals surface area contributed by atoms with E-state index < -0.39 is 5.41 Å². The number of pyridine rings is 2. The minimum Gasteiger partial charge on any atom is -0.294 e. The maximum absolute atomic E-state index is 9.67. The molecule has 0 saturated carbocycles. The molecule has 8 aromatic rings. The van der Waals surface area contributed by atoms with Gasteiger partial charge in [-0.05, 0) is 95.1 Å². The number of anilines is 3. The molecular formula is C44H25N7. The molecule has 0 aliphatic carbocycles. The Kier molecular flexibility index (Phi) is 6.71. The number of aromatic nitrogens is 3. The fourth-order valence-corrected chi connectivity index (χ4v) is 7.72. The van der Waals surface area contributed by atoms with Gasteiger partial charge >= 0.3 is 0 Å². The van der Waals surface area contributed by atoms with Crippen LogP contribution in [0.1, 0.15) is 38.9 Å². The Hall–Kier alpha value is -7.53. The van der Waals surface area contributed by atoms with Crippen LogP contribution in [0.3, 0.4) is 0 Å². The molecule has 0 spiro atoms. The summed E-state index contributed by atoms with van der Waals surface area (Å²) in [4.78, 5) is 12.0. The molecule has 9 rings (SSSR count). The second kappa shape index (κ2) is 11.6. The fourth-order valence-electron chi connectivity index (χ4n) is 7.72. The summed E-state index contributed by atoms with van der Waals surface area (Å²) in [5.74, 6) is 1.47. The SMILES string of the molecule is N#Cc1ccc(C2(c3ccc(C#N)cc3)c3ccccc3N(c3cccc(-n4c5ccncc5c5cc(C#N)ccc54)n3)c3ccccc32)cc1. The Morgan fingerprint density at radius 1 is 0.510 bits per heavy atom. The Labute approximate surface area is 293 Å². The molecule has 5 aromatic carbocycles. The number of nitrogens with zero attached hydrogens (tertiary/aromatic N) is 7. The molecule has 51 heavy (non-hydrogen) atoms. The van der Waals surface area contributed by atoms with Gasteiger partial charge in [0.15, 0.2) is 0 Å². The van der Waals surface area contributed by atoms with Crippen LogP contribution in [0.2, 0.25) is 0 Å². The summed E-state index contributed by atoms with van der Waals surface area (Å²) in [6, 6.07) is 52.9. The highest BCUT2D eigenvalue weighted by molar-refractivity contribution is 6.09. The molecule has 7 heteroatoms. The third kappa shape index (κ3) is 4.35. The minimum absolute atomic E-state index is 0.582. The Morgan fingerprint density at radius 2 is 1.06 bits per heavy atom. The lowest BCUT2D eigenvalue weighted by atomic mass is 9.62. The topological polar surface area (TPSA) is 105 Å². The molecule has 236 valence electrons. The third-order valence-corrected chi connectivity index (χ3v) is 9.87. The number of rotatable bonds is 4. The zero-order valence-corrected chi connectivity index (χ0v) is 27.1. The van der Waals surface area contributed by atoms with Crippen molar-refractivity contribution >= 4 is 39.0 Å². The van der Waals surface area contributed by atoms with Gasteiger partial charge in [-0.3, -0.25) is 14.5 Å². The number of benzene rings is 5. The van der Waals surface area contributed by atoms with Crippen LogP contribution in [0.15, 0.2) is 152 Å². The molecule has 0 amide bonds. The van der Waals surface area contributed by atoms with Crippen LogP contribution >= 0.6 is 0 Å². The van der Waals surface area contributed by atoms with Gasteiger partial charge in [0.1, 0.15) is 11.6 Å². The predicted molar refractivity (Wildman–Crippen MR) is 197 cm³/mol. The van der Waals surface area contributed by atoms with Gasteiger partial charge < -0.3 is 0 Å². The first kappa shape index (κ1) is 29.6. The van der Waals surface area contributed by atoms with E-state index in [9.17, 15) is 15.8 Å². The molecule has 1 aliphatic heterocycles. The lowest BCUT2D eigenvalue weighted by Crippen LogP contribution is -2.38. The Morgan fingerprint density at radius 3 is 1.67 bits per heavy atom. The summed E-state index contributed by atoms with van der Waals surface area (Å²) < 4.78 is 2.12. The van der Waals surface area contributed by atoms with E-state index in [-0.39, 0.29) is 0 Å². The first-order valence-electron chi connectivity index (χ1n) is 16.4. The molecule has 3 aromatic heterocycles. The van der Waals surface area contributed by atoms with Crippen LogP contribution in [0, 0.1) is 34.0 Å². The predicted octanol–water partition coefficient (Wildman–Crippen LogP) is 9.35. The number of fused-ring (bicyclic) bond motifs is 5. The molecular weight excluding hydrogens is 627 g/mol. The summed E-state index contributed by atoms with van der Waals surface area (Å²) in [7, 11) is 0. The summed E-state index contributed by atoms with van der Waals surface area (Å²) in [5.41, 5.74) is 8.85. The van der Waals surface area contributed by atoms with Crippen LogP contribution in [0.25, 0.3) is 27.6 Å². The molecule has 0 fully saturated rings. The van der Waals surface area contributed by atoms with E-state index in [1.54, 1.807) is 6.20 Å². The molecule has 7 nitrogen and oxygen atoms in total. The first-order valence-corrected chi connectivity index (χ1v) is 16.4. The number of hydrogen-bond donors (Lipinski definition) is 0. The summed E-state index contributed by atoms with van der Waals surface area (Å²) in [5, 5.41) is 30.9. The smallest absolute Gasteiger partial charge is 0.140 e. The van der Waals surface area contributed by atoms with Gasteiger partial charge in [-0.15, -0.1) is 0 Å². The van der Waals surface area contributed by atoms with Gasteiger partial charge in [0.05, 0.1) is 62.7 Å². The van der Waals surface area contributed by atoms with E-state index in [0.29, 0.717) is 16.7 Å². The second-order valence-electron chi connectivity index (χ2n) is 12.4. The number of hydrogen-bond acceptors (Lipinski definition) is 6. The minimum atomic E-state index is -0.776. The highest BCUT2D eigenvalue weighted by atomic mass is 15.2. The van der Waals surface area contributed by atoms with Crippen molar-refractivity contribution in [1.29, 1.82) is 15.8 Å². The lowest BCUT2D eigenvalue weighted by molar-refractivity contribution is 0.729. The molecule has 0 unspecified atom stereocenters. The van der Waals surface area contributed by atoms with Gasteiger partial charge in [0, 0.05) is 23.2 Å². The van der Waals surface area contributed by atoms with Crippen LogP contribution in [-0.2, 0) is 5.41 Å². The molecule has 0 N–H and O–H groups in total. The van der Waals surface area contributed by atoms with E-state index in [1.165, 1.54) is 0 Å². The van der Waals surface area contributed by atoms with Crippen molar-refractivity contribution in [2.75, 3.05) is 4.90 Å². The van der Waals surface area contributed by atoms with Gasteiger partial charge in [-0.2, -0.15) is 15.8 Å². The first-order chi connectivity index (χ1) is 25.1. The molecule has 0 atom stereocenters. The molecule has 1 aliphatic rings. The second-order valence-corrected chi connectivity index (χ2v) is 12.4. The van der Waals surface area contributed by atoms with Gasteiger partial charge in [-0.25, -0.2) is 4.98 Å². The summed E-state index contributed by atoms with van der Waals surface area (Å²) >= 11 is 0. The maximum atomic E-state index is 9.67. The van der Waals surface area contributed by atoms with Crippen molar-refractivity contribution in [1.82, 2.24) is 14.5 Å². The van der Waals surface area contributed by atoms with E-state index in [4.69, 9.17) is 4.98 Å². The quantitative estimate of drug-likeness (QED) is 0.188. The third-order valence-electron chi connectivity index (χ3n) is 9.87. The maximum Gasteiger partial charge on any atom is 0.140 e. The highest BCUT2D eigenvalue weighted by Crippen LogP contribution is 2.57. The fraction of sp³-hybridized carbons (Fsp3) is 0.0227. The van der Waals surface area contributed by atoms with E-state index in [1.807, 2.05) is 109 Å². The number of para-hydroxylation sites is 2. The normalized spacial score (nSPS) is 12.8. The average Bonchev–Trinajstić information content (AvgIpc) is 3.53.